The Balaban J connectivity index is 2.07. The third-order valence-electron chi connectivity index (χ3n) is 3.73. The lowest BCUT2D eigenvalue weighted by Gasteiger charge is -2.37. The van der Waals surface area contributed by atoms with Gasteiger partial charge >= 0.3 is 5.97 Å². The molecule has 20 heavy (non-hydrogen) atoms. The molecule has 1 unspecified atom stereocenters. The summed E-state index contributed by atoms with van der Waals surface area (Å²) in [5, 5.41) is 9.47. The van der Waals surface area contributed by atoms with Gasteiger partial charge in [-0.05, 0) is 30.7 Å². The molecule has 2 rings (SSSR count). The van der Waals surface area contributed by atoms with E-state index in [2.05, 4.69) is 11.8 Å². The van der Waals surface area contributed by atoms with Crippen LogP contribution in [0.4, 0.5) is 4.39 Å². The molecule has 1 aromatic carbocycles. The normalized spacial score (nSPS) is 18.9. The summed E-state index contributed by atoms with van der Waals surface area (Å²) in [5.74, 6) is -1.22. The zero-order valence-corrected chi connectivity index (χ0v) is 11.8. The molecule has 1 heterocycles. The fourth-order valence-corrected chi connectivity index (χ4v) is 2.72. The summed E-state index contributed by atoms with van der Waals surface area (Å²) in [7, 11) is 0. The molecule has 0 aliphatic carbocycles. The van der Waals surface area contributed by atoms with Gasteiger partial charge in [-0.1, -0.05) is 19.1 Å². The fraction of sp³-hybridized carbons (Fsp3) is 0.533. The van der Waals surface area contributed by atoms with Gasteiger partial charge in [-0.3, -0.25) is 9.69 Å². The first kappa shape index (κ1) is 14.9. The second-order valence-corrected chi connectivity index (χ2v) is 5.17. The van der Waals surface area contributed by atoms with Gasteiger partial charge < -0.3 is 10.0 Å². The summed E-state index contributed by atoms with van der Waals surface area (Å²) in [6.07, 6.45) is 1.11. The molecule has 0 bridgehead atoms. The Morgan fingerprint density at radius 2 is 1.85 bits per heavy atom. The van der Waals surface area contributed by atoms with Gasteiger partial charge in [0.25, 0.3) is 0 Å². The summed E-state index contributed by atoms with van der Waals surface area (Å²) in [5.41, 5.74) is 0.642. The summed E-state index contributed by atoms with van der Waals surface area (Å²) < 4.78 is 13.0. The van der Waals surface area contributed by atoms with Crippen molar-refractivity contribution in [3.63, 3.8) is 0 Å². The van der Waals surface area contributed by atoms with Gasteiger partial charge in [-0.2, -0.15) is 0 Å². The minimum atomic E-state index is -0.874. The Morgan fingerprint density at radius 3 is 2.35 bits per heavy atom. The zero-order chi connectivity index (χ0) is 14.5. The van der Waals surface area contributed by atoms with Gasteiger partial charge in [0.1, 0.15) is 11.9 Å². The lowest BCUT2D eigenvalue weighted by molar-refractivity contribution is -0.144. The molecule has 4 nitrogen and oxygen atoms in total. The standard InChI is InChI=1S/C15H21FN2O2/c1-2-7-17-8-10-18(11-9-17)14(15(19)20)12-3-5-13(16)6-4-12/h3-6,14H,2,7-11H2,1H3,(H,19,20). The first-order valence-electron chi connectivity index (χ1n) is 7.06. The highest BCUT2D eigenvalue weighted by Crippen LogP contribution is 2.23. The summed E-state index contributed by atoms with van der Waals surface area (Å²) in [4.78, 5) is 15.8. The van der Waals surface area contributed by atoms with Gasteiger partial charge in [-0.25, -0.2) is 4.39 Å². The predicted molar refractivity (Wildman–Crippen MR) is 75.1 cm³/mol. The Hall–Kier alpha value is -1.46. The molecule has 0 radical (unpaired) electrons. The van der Waals surface area contributed by atoms with E-state index >= 15 is 0 Å². The van der Waals surface area contributed by atoms with Gasteiger partial charge in [-0.15, -0.1) is 0 Å². The van der Waals surface area contributed by atoms with Crippen LogP contribution in [-0.2, 0) is 4.79 Å². The van der Waals surface area contributed by atoms with Gasteiger partial charge in [0.15, 0.2) is 0 Å². The first-order chi connectivity index (χ1) is 9.61. The molecule has 5 heteroatoms. The Morgan fingerprint density at radius 1 is 1.25 bits per heavy atom. The molecule has 1 aromatic rings. The number of nitrogens with zero attached hydrogens (tertiary/aromatic N) is 2. The molecule has 1 atom stereocenters. The maximum Gasteiger partial charge on any atom is 0.325 e. The highest BCUT2D eigenvalue weighted by Gasteiger charge is 2.29. The number of carboxylic acid groups (broad SMARTS) is 1. The van der Waals surface area contributed by atoms with Crippen LogP contribution < -0.4 is 0 Å². The largest absolute Gasteiger partial charge is 0.480 e. The quantitative estimate of drug-likeness (QED) is 0.895. The molecular weight excluding hydrogens is 259 g/mol. The Kier molecular flexibility index (Phi) is 5.09. The van der Waals surface area contributed by atoms with E-state index < -0.39 is 12.0 Å². The van der Waals surface area contributed by atoms with Crippen molar-refractivity contribution in [2.45, 2.75) is 19.4 Å². The molecule has 110 valence electrons. The van der Waals surface area contributed by atoms with E-state index in [1.54, 1.807) is 12.1 Å². The van der Waals surface area contributed by atoms with E-state index in [1.165, 1.54) is 12.1 Å². The maximum absolute atomic E-state index is 13.0. The van der Waals surface area contributed by atoms with Crippen LogP contribution in [0.3, 0.4) is 0 Å². The third-order valence-corrected chi connectivity index (χ3v) is 3.73. The van der Waals surface area contributed by atoms with Crippen molar-refractivity contribution in [3.8, 4) is 0 Å². The molecular formula is C15H21FN2O2. The summed E-state index contributed by atoms with van der Waals surface area (Å²) in [6.45, 7) is 6.44. The van der Waals surface area contributed by atoms with Gasteiger partial charge in [0.05, 0.1) is 0 Å². The van der Waals surface area contributed by atoms with Crippen molar-refractivity contribution < 1.29 is 14.3 Å². The van der Waals surface area contributed by atoms with Crippen molar-refractivity contribution in [2.24, 2.45) is 0 Å². The number of rotatable bonds is 5. The van der Waals surface area contributed by atoms with Gasteiger partial charge in [0, 0.05) is 26.2 Å². The highest BCUT2D eigenvalue weighted by atomic mass is 19.1. The number of aliphatic carboxylic acids is 1. The summed E-state index contributed by atoms with van der Waals surface area (Å²) in [6, 6.07) is 5.08. The SMILES string of the molecule is CCCN1CCN(C(C(=O)O)c2ccc(F)cc2)CC1. The first-order valence-corrected chi connectivity index (χ1v) is 7.06. The van der Waals surface area contributed by atoms with E-state index in [0.717, 1.165) is 39.1 Å². The molecule has 1 aliphatic rings. The number of halogens is 1. The maximum atomic E-state index is 13.0. The predicted octanol–water partition coefficient (Wildman–Crippen LogP) is 1.98. The Bertz CT molecular complexity index is 442. The molecule has 0 spiro atoms. The Labute approximate surface area is 118 Å². The van der Waals surface area contributed by atoms with Crippen LogP contribution in [-0.4, -0.2) is 53.6 Å². The average molecular weight is 280 g/mol. The molecule has 1 N–H and O–H groups in total. The minimum absolute atomic E-state index is 0.342. The third kappa shape index (κ3) is 3.55. The lowest BCUT2D eigenvalue weighted by Crippen LogP contribution is -2.49. The number of carboxylic acids is 1. The number of hydrogen-bond acceptors (Lipinski definition) is 3. The fourth-order valence-electron chi connectivity index (χ4n) is 2.72. The van der Waals surface area contributed by atoms with E-state index in [0.29, 0.717) is 5.56 Å². The van der Waals surface area contributed by atoms with Crippen LogP contribution in [0, 0.1) is 5.82 Å². The van der Waals surface area contributed by atoms with E-state index in [4.69, 9.17) is 0 Å². The lowest BCUT2D eigenvalue weighted by atomic mass is 10.0. The monoisotopic (exact) mass is 280 g/mol. The molecule has 1 fully saturated rings. The van der Waals surface area contributed by atoms with Crippen LogP contribution >= 0.6 is 0 Å². The second-order valence-electron chi connectivity index (χ2n) is 5.17. The number of piperazine rings is 1. The smallest absolute Gasteiger partial charge is 0.325 e. The van der Waals surface area contributed by atoms with Crippen molar-refractivity contribution in [3.05, 3.63) is 35.6 Å². The van der Waals surface area contributed by atoms with E-state index in [9.17, 15) is 14.3 Å². The van der Waals surface area contributed by atoms with Gasteiger partial charge in [0.2, 0.25) is 0 Å². The molecule has 1 aliphatic heterocycles. The second kappa shape index (κ2) is 6.81. The molecule has 1 saturated heterocycles. The van der Waals surface area contributed by atoms with Crippen LogP contribution in [0.25, 0.3) is 0 Å². The number of carbonyl (C=O) groups is 1. The number of hydrogen-bond donors (Lipinski definition) is 1. The van der Waals surface area contributed by atoms with Crippen LogP contribution in [0.2, 0.25) is 0 Å². The topological polar surface area (TPSA) is 43.8 Å². The minimum Gasteiger partial charge on any atom is -0.480 e. The van der Waals surface area contributed by atoms with Crippen molar-refractivity contribution >= 4 is 5.97 Å². The van der Waals surface area contributed by atoms with Crippen molar-refractivity contribution in [2.75, 3.05) is 32.7 Å². The van der Waals surface area contributed by atoms with Crippen LogP contribution in [0.5, 0.6) is 0 Å². The van der Waals surface area contributed by atoms with Crippen molar-refractivity contribution in [1.82, 2.24) is 9.80 Å². The molecule has 0 amide bonds. The number of benzene rings is 1. The van der Waals surface area contributed by atoms with Crippen LogP contribution in [0.15, 0.2) is 24.3 Å². The van der Waals surface area contributed by atoms with E-state index in [-0.39, 0.29) is 5.82 Å². The van der Waals surface area contributed by atoms with E-state index in [1.807, 2.05) is 4.90 Å². The van der Waals surface area contributed by atoms with Crippen molar-refractivity contribution in [1.29, 1.82) is 0 Å². The highest BCUT2D eigenvalue weighted by molar-refractivity contribution is 5.75. The molecule has 0 aromatic heterocycles. The average Bonchev–Trinajstić information content (AvgIpc) is 2.43. The summed E-state index contributed by atoms with van der Waals surface area (Å²) >= 11 is 0. The molecule has 0 saturated carbocycles. The van der Waals surface area contributed by atoms with Crippen LogP contribution in [0.1, 0.15) is 24.9 Å². The zero-order valence-electron chi connectivity index (χ0n) is 11.8.